The predicted octanol–water partition coefficient (Wildman–Crippen LogP) is 8.72. The summed E-state index contributed by atoms with van der Waals surface area (Å²) >= 11 is 1.94. The molecule has 0 bridgehead atoms. The van der Waals surface area contributed by atoms with E-state index in [0.717, 1.165) is 0 Å². The number of para-hydroxylation sites is 2. The molecule has 0 saturated carbocycles. The number of thiophene rings is 1. The molecule has 0 N–H and O–H groups in total. The van der Waals surface area contributed by atoms with Crippen LogP contribution in [0.5, 0.6) is 0 Å². The van der Waals surface area contributed by atoms with Gasteiger partial charge in [0.15, 0.2) is 0 Å². The lowest BCUT2D eigenvalue weighted by Crippen LogP contribution is -2.45. The fourth-order valence-corrected chi connectivity index (χ4v) is 7.84. The maximum absolute atomic E-state index is 2.73. The summed E-state index contributed by atoms with van der Waals surface area (Å²) < 4.78 is 1.39. The van der Waals surface area contributed by atoms with Crippen LogP contribution in [0.2, 0.25) is 0 Å². The monoisotopic (exact) mass is 480 g/mol. The van der Waals surface area contributed by atoms with Crippen molar-refractivity contribution >= 4 is 32.8 Å². The first-order chi connectivity index (χ1) is 16.9. The van der Waals surface area contributed by atoms with Gasteiger partial charge in [0.05, 0.1) is 17.4 Å². The average molecular weight is 481 g/mol. The zero-order chi connectivity index (χ0) is 24.3. The van der Waals surface area contributed by atoms with Crippen molar-refractivity contribution in [1.82, 2.24) is 0 Å². The highest BCUT2D eigenvalue weighted by molar-refractivity contribution is 7.19. The number of anilines is 2. The minimum atomic E-state index is 0.186. The van der Waals surface area contributed by atoms with Gasteiger partial charge in [0, 0.05) is 27.6 Å². The van der Waals surface area contributed by atoms with Crippen LogP contribution in [-0.2, 0) is 0 Å². The van der Waals surface area contributed by atoms with Gasteiger partial charge in [-0.3, -0.25) is 0 Å². The van der Waals surface area contributed by atoms with Crippen molar-refractivity contribution in [3.05, 3.63) is 93.9 Å². The lowest BCUT2D eigenvalue weighted by Gasteiger charge is -2.42. The SMILES string of the molecule is CC1=CC(C2CC=CCC2)=CC(C)C1N1c2ccccc2N(C)C1c1c(C)sc2ccc(C)cc12. The minimum Gasteiger partial charge on any atom is -0.349 e. The van der Waals surface area contributed by atoms with E-state index in [1.807, 2.05) is 11.3 Å². The lowest BCUT2D eigenvalue weighted by atomic mass is 9.78. The van der Waals surface area contributed by atoms with Gasteiger partial charge in [-0.2, -0.15) is 0 Å². The molecule has 3 heteroatoms. The molecule has 0 spiro atoms. The first kappa shape index (κ1) is 22.7. The van der Waals surface area contributed by atoms with E-state index in [1.54, 1.807) is 5.57 Å². The molecule has 3 aliphatic rings. The predicted molar refractivity (Wildman–Crippen MR) is 153 cm³/mol. The van der Waals surface area contributed by atoms with E-state index >= 15 is 0 Å². The van der Waals surface area contributed by atoms with Crippen LogP contribution in [0, 0.1) is 25.7 Å². The summed E-state index contributed by atoms with van der Waals surface area (Å²) in [6, 6.07) is 16.3. The van der Waals surface area contributed by atoms with E-state index in [-0.39, 0.29) is 6.17 Å². The Balaban J connectivity index is 1.48. The van der Waals surface area contributed by atoms with Gasteiger partial charge in [-0.05, 0) is 75.6 Å². The molecule has 6 rings (SSSR count). The van der Waals surface area contributed by atoms with Gasteiger partial charge >= 0.3 is 0 Å². The van der Waals surface area contributed by atoms with Crippen molar-refractivity contribution in [3.8, 4) is 0 Å². The molecule has 35 heavy (non-hydrogen) atoms. The quantitative estimate of drug-likeness (QED) is 0.346. The molecule has 0 amide bonds. The second kappa shape index (κ2) is 8.71. The Morgan fingerprint density at radius 2 is 1.77 bits per heavy atom. The Hall–Kier alpha value is -2.78. The van der Waals surface area contributed by atoms with Gasteiger partial charge in [0.2, 0.25) is 0 Å². The van der Waals surface area contributed by atoms with Crippen molar-refractivity contribution in [3.63, 3.8) is 0 Å². The van der Waals surface area contributed by atoms with Crippen molar-refractivity contribution in [2.45, 2.75) is 59.2 Å². The first-order valence-corrected chi connectivity index (χ1v) is 13.9. The number of rotatable bonds is 3. The molecule has 1 aromatic heterocycles. The summed E-state index contributed by atoms with van der Waals surface area (Å²) in [5.74, 6) is 1.13. The molecule has 3 aromatic rings. The largest absolute Gasteiger partial charge is 0.349 e. The van der Waals surface area contributed by atoms with Crippen molar-refractivity contribution < 1.29 is 0 Å². The molecule has 180 valence electrons. The summed E-state index contributed by atoms with van der Waals surface area (Å²) in [5.41, 5.74) is 8.54. The van der Waals surface area contributed by atoms with Crippen molar-refractivity contribution in [2.75, 3.05) is 16.8 Å². The topological polar surface area (TPSA) is 6.48 Å². The van der Waals surface area contributed by atoms with Crippen LogP contribution in [0.15, 0.2) is 77.9 Å². The molecule has 0 saturated heterocycles. The molecule has 0 radical (unpaired) electrons. The second-order valence-corrected chi connectivity index (χ2v) is 12.0. The fraction of sp³-hybridized carbons (Fsp3) is 0.375. The van der Waals surface area contributed by atoms with Crippen molar-refractivity contribution in [2.24, 2.45) is 11.8 Å². The molecular weight excluding hydrogens is 444 g/mol. The van der Waals surface area contributed by atoms with E-state index in [9.17, 15) is 0 Å². The number of allylic oxidation sites excluding steroid dienone is 4. The molecule has 1 aliphatic heterocycles. The van der Waals surface area contributed by atoms with Gasteiger partial charge < -0.3 is 9.80 Å². The van der Waals surface area contributed by atoms with Gasteiger partial charge in [0.1, 0.15) is 6.17 Å². The Bertz CT molecular complexity index is 1370. The van der Waals surface area contributed by atoms with E-state index in [1.165, 1.54) is 62.3 Å². The summed E-state index contributed by atoms with van der Waals surface area (Å²) in [7, 11) is 2.28. The van der Waals surface area contributed by atoms with E-state index in [2.05, 4.69) is 111 Å². The van der Waals surface area contributed by atoms with Crippen LogP contribution in [0.3, 0.4) is 0 Å². The number of fused-ring (bicyclic) bond motifs is 2. The number of aryl methyl sites for hydroxylation is 2. The van der Waals surface area contributed by atoms with Crippen LogP contribution in [-0.4, -0.2) is 13.1 Å². The molecule has 2 aromatic carbocycles. The molecular formula is C32H36N2S. The van der Waals surface area contributed by atoms with Gasteiger partial charge in [-0.1, -0.05) is 66.6 Å². The Labute approximate surface area is 214 Å². The first-order valence-electron chi connectivity index (χ1n) is 13.1. The third kappa shape index (κ3) is 3.67. The van der Waals surface area contributed by atoms with Crippen LogP contribution in [0.4, 0.5) is 11.4 Å². The Morgan fingerprint density at radius 3 is 2.51 bits per heavy atom. The molecule has 2 aliphatic carbocycles. The zero-order valence-electron chi connectivity index (χ0n) is 21.6. The standard InChI is InChI=1S/C32H36N2S/c1-20-15-16-29-26(17-20)30(23(4)35-29)32-33(5)27-13-9-10-14-28(27)34(32)31-21(2)18-25(19-22(31)3)24-11-7-6-8-12-24/h6-7,9-10,13-19,21,24,31-32H,8,11-12H2,1-5H3. The highest BCUT2D eigenvalue weighted by Crippen LogP contribution is 2.52. The summed E-state index contributed by atoms with van der Waals surface area (Å²) in [4.78, 5) is 6.67. The van der Waals surface area contributed by atoms with E-state index in [0.29, 0.717) is 17.9 Å². The van der Waals surface area contributed by atoms with E-state index < -0.39 is 0 Å². The normalized spacial score (nSPS) is 26.2. The second-order valence-electron chi connectivity index (χ2n) is 10.8. The maximum Gasteiger partial charge on any atom is 0.130 e. The lowest BCUT2D eigenvalue weighted by molar-refractivity contribution is 0.478. The molecule has 4 atom stereocenters. The molecule has 2 heterocycles. The number of nitrogens with zero attached hydrogens (tertiary/aromatic N) is 2. The average Bonchev–Trinajstić information content (AvgIpc) is 3.32. The van der Waals surface area contributed by atoms with Gasteiger partial charge in [-0.25, -0.2) is 0 Å². The Kier molecular flexibility index (Phi) is 5.64. The van der Waals surface area contributed by atoms with Crippen LogP contribution in [0.25, 0.3) is 10.1 Å². The van der Waals surface area contributed by atoms with Crippen molar-refractivity contribution in [1.29, 1.82) is 0 Å². The Morgan fingerprint density at radius 1 is 0.971 bits per heavy atom. The fourth-order valence-electron chi connectivity index (χ4n) is 6.77. The molecule has 0 fully saturated rings. The number of hydrogen-bond donors (Lipinski definition) is 0. The summed E-state index contributed by atoms with van der Waals surface area (Å²) in [6.45, 7) is 9.32. The zero-order valence-corrected chi connectivity index (χ0v) is 22.4. The highest BCUT2D eigenvalue weighted by atomic mass is 32.1. The van der Waals surface area contributed by atoms with Gasteiger partial charge in [-0.15, -0.1) is 11.3 Å². The molecule has 2 nitrogen and oxygen atoms in total. The number of benzene rings is 2. The van der Waals surface area contributed by atoms with Crippen LogP contribution < -0.4 is 9.80 Å². The van der Waals surface area contributed by atoms with E-state index in [4.69, 9.17) is 0 Å². The maximum atomic E-state index is 2.73. The van der Waals surface area contributed by atoms with Crippen LogP contribution >= 0.6 is 11.3 Å². The third-order valence-corrected chi connectivity index (χ3v) is 9.45. The van der Waals surface area contributed by atoms with Gasteiger partial charge in [0.25, 0.3) is 0 Å². The third-order valence-electron chi connectivity index (χ3n) is 8.35. The van der Waals surface area contributed by atoms with Crippen LogP contribution in [0.1, 0.15) is 55.3 Å². The smallest absolute Gasteiger partial charge is 0.130 e. The summed E-state index contributed by atoms with van der Waals surface area (Å²) in [5, 5.41) is 1.41. The molecule has 4 unspecified atom stereocenters. The minimum absolute atomic E-state index is 0.186. The highest BCUT2D eigenvalue weighted by Gasteiger charge is 2.43. The number of hydrogen-bond acceptors (Lipinski definition) is 3. The summed E-state index contributed by atoms with van der Waals surface area (Å²) in [6.07, 6.45) is 13.7.